The van der Waals surface area contributed by atoms with Gasteiger partial charge in [0.25, 0.3) is 5.91 Å². The summed E-state index contributed by atoms with van der Waals surface area (Å²) in [4.78, 5) is 17.0. The van der Waals surface area contributed by atoms with Gasteiger partial charge in [0, 0.05) is 11.7 Å². The normalized spacial score (nSPS) is 31.4. The van der Waals surface area contributed by atoms with Gasteiger partial charge < -0.3 is 10.4 Å². The van der Waals surface area contributed by atoms with Gasteiger partial charge in [0.05, 0.1) is 5.60 Å². The highest BCUT2D eigenvalue weighted by atomic mass is 16.3. The molecule has 114 valence electrons. The summed E-state index contributed by atoms with van der Waals surface area (Å²) in [6.07, 6.45) is 6.70. The van der Waals surface area contributed by atoms with Crippen molar-refractivity contribution in [3.05, 3.63) is 29.6 Å². The molecule has 4 nitrogen and oxygen atoms in total. The summed E-state index contributed by atoms with van der Waals surface area (Å²) in [6, 6.07) is 3.86. The second-order valence-electron chi connectivity index (χ2n) is 7.05. The maximum absolute atomic E-state index is 12.7. The van der Waals surface area contributed by atoms with Crippen molar-refractivity contribution in [2.75, 3.05) is 0 Å². The molecule has 0 unspecified atom stereocenters. The number of aliphatic hydroxyl groups is 1. The summed E-state index contributed by atoms with van der Waals surface area (Å²) in [5.74, 6) is 0.214. The van der Waals surface area contributed by atoms with Gasteiger partial charge in [-0.15, -0.1) is 0 Å². The van der Waals surface area contributed by atoms with E-state index in [0.717, 1.165) is 44.1 Å². The van der Waals surface area contributed by atoms with Crippen molar-refractivity contribution in [3.8, 4) is 0 Å². The topological polar surface area (TPSA) is 62.2 Å². The Hall–Kier alpha value is -1.42. The van der Waals surface area contributed by atoms with Gasteiger partial charge in [-0.25, -0.2) is 0 Å². The second kappa shape index (κ2) is 5.09. The summed E-state index contributed by atoms with van der Waals surface area (Å²) in [5, 5.41) is 13.5. The van der Waals surface area contributed by atoms with Crippen molar-refractivity contribution < 1.29 is 9.90 Å². The van der Waals surface area contributed by atoms with E-state index in [1.807, 2.05) is 12.1 Å². The second-order valence-corrected chi connectivity index (χ2v) is 7.05. The molecule has 0 spiro atoms. The lowest BCUT2D eigenvalue weighted by Crippen LogP contribution is -2.58. The van der Waals surface area contributed by atoms with Gasteiger partial charge >= 0.3 is 0 Å². The average molecular weight is 288 g/mol. The monoisotopic (exact) mass is 288 g/mol. The average Bonchev–Trinajstić information content (AvgIpc) is 2.49. The number of carbonyl (C=O) groups is 1. The number of amides is 1. The molecular weight excluding hydrogens is 264 g/mol. The van der Waals surface area contributed by atoms with Gasteiger partial charge in [-0.1, -0.05) is 19.9 Å². The van der Waals surface area contributed by atoms with Crippen LogP contribution in [0.15, 0.2) is 18.3 Å². The van der Waals surface area contributed by atoms with Gasteiger partial charge in [-0.05, 0) is 56.1 Å². The van der Waals surface area contributed by atoms with Crippen LogP contribution in [-0.4, -0.2) is 27.1 Å². The molecule has 0 aliphatic heterocycles. The number of pyridine rings is 1. The summed E-state index contributed by atoms with van der Waals surface area (Å²) in [5.41, 5.74) is 0.941. The van der Waals surface area contributed by atoms with E-state index in [1.165, 1.54) is 0 Å². The molecule has 3 aliphatic rings. The lowest BCUT2D eigenvalue weighted by Gasteiger charge is -2.51. The first-order valence-electron chi connectivity index (χ1n) is 7.93. The molecule has 0 saturated heterocycles. The van der Waals surface area contributed by atoms with Crippen LogP contribution < -0.4 is 5.32 Å². The summed E-state index contributed by atoms with van der Waals surface area (Å²) < 4.78 is 0. The predicted octanol–water partition coefficient (Wildman–Crippen LogP) is 2.77. The molecule has 3 aliphatic carbocycles. The molecule has 0 atom stereocenters. The quantitative estimate of drug-likeness (QED) is 0.899. The Morgan fingerprint density at radius 1 is 1.24 bits per heavy atom. The number of fused-ring (bicyclic) bond motifs is 3. The van der Waals surface area contributed by atoms with Crippen molar-refractivity contribution in [2.24, 2.45) is 0 Å². The van der Waals surface area contributed by atoms with Crippen LogP contribution in [0.2, 0.25) is 0 Å². The molecule has 0 radical (unpaired) electrons. The van der Waals surface area contributed by atoms with Crippen LogP contribution in [-0.2, 0) is 0 Å². The fourth-order valence-electron chi connectivity index (χ4n) is 3.73. The van der Waals surface area contributed by atoms with Gasteiger partial charge in [0.1, 0.15) is 5.69 Å². The van der Waals surface area contributed by atoms with Crippen molar-refractivity contribution in [1.82, 2.24) is 10.3 Å². The van der Waals surface area contributed by atoms with Gasteiger partial charge in [-0.3, -0.25) is 9.78 Å². The largest absolute Gasteiger partial charge is 0.390 e. The first kappa shape index (κ1) is 14.5. The summed E-state index contributed by atoms with van der Waals surface area (Å²) in [7, 11) is 0. The Labute approximate surface area is 126 Å². The molecule has 4 rings (SSSR count). The van der Waals surface area contributed by atoms with Crippen LogP contribution in [0, 0.1) is 0 Å². The Balaban J connectivity index is 1.78. The van der Waals surface area contributed by atoms with Crippen LogP contribution in [0.1, 0.15) is 74.3 Å². The molecule has 2 N–H and O–H groups in total. The fraction of sp³-hybridized carbons (Fsp3) is 0.647. The minimum absolute atomic E-state index is 0.0633. The van der Waals surface area contributed by atoms with Crippen molar-refractivity contribution >= 4 is 5.91 Å². The molecule has 2 bridgehead atoms. The van der Waals surface area contributed by atoms with E-state index in [4.69, 9.17) is 0 Å². The number of nitrogens with one attached hydrogen (secondary N) is 1. The van der Waals surface area contributed by atoms with Gasteiger partial charge in [-0.2, -0.15) is 0 Å². The van der Waals surface area contributed by atoms with Crippen molar-refractivity contribution in [1.29, 1.82) is 0 Å². The van der Waals surface area contributed by atoms with E-state index in [-0.39, 0.29) is 17.4 Å². The summed E-state index contributed by atoms with van der Waals surface area (Å²) >= 11 is 0. The smallest absolute Gasteiger partial charge is 0.270 e. The van der Waals surface area contributed by atoms with Crippen LogP contribution in [0.4, 0.5) is 0 Å². The Bertz CT molecular complexity index is 529. The first-order chi connectivity index (χ1) is 9.93. The van der Waals surface area contributed by atoms with E-state index < -0.39 is 5.60 Å². The van der Waals surface area contributed by atoms with Crippen LogP contribution in [0.5, 0.6) is 0 Å². The molecule has 3 fully saturated rings. The van der Waals surface area contributed by atoms with Gasteiger partial charge in [0.15, 0.2) is 0 Å². The molecule has 0 aromatic carbocycles. The maximum Gasteiger partial charge on any atom is 0.270 e. The van der Waals surface area contributed by atoms with Crippen molar-refractivity contribution in [2.45, 2.75) is 69.4 Å². The standard InChI is InChI=1S/C17H24N2O2/c1-12(2)13-4-3-11-18-14(13)15(20)19-16-5-8-17(21,9-6-16)10-7-16/h3-4,11-12,21H,5-10H2,1-2H3,(H,19,20). The number of hydrogen-bond donors (Lipinski definition) is 2. The van der Waals surface area contributed by atoms with E-state index in [9.17, 15) is 9.90 Å². The highest BCUT2D eigenvalue weighted by molar-refractivity contribution is 5.94. The van der Waals surface area contributed by atoms with E-state index >= 15 is 0 Å². The number of rotatable bonds is 3. The van der Waals surface area contributed by atoms with Crippen LogP contribution in [0.25, 0.3) is 0 Å². The molecule has 4 heteroatoms. The van der Waals surface area contributed by atoms with Gasteiger partial charge in [0.2, 0.25) is 0 Å². The van der Waals surface area contributed by atoms with E-state index in [1.54, 1.807) is 6.20 Å². The molecule has 1 aromatic heterocycles. The summed E-state index contributed by atoms with van der Waals surface area (Å²) in [6.45, 7) is 4.15. The highest BCUT2D eigenvalue weighted by Gasteiger charge is 2.48. The molecular formula is C17H24N2O2. The Morgan fingerprint density at radius 3 is 2.43 bits per heavy atom. The lowest BCUT2D eigenvalue weighted by molar-refractivity contribution is -0.0702. The lowest BCUT2D eigenvalue weighted by atomic mass is 9.63. The SMILES string of the molecule is CC(C)c1cccnc1C(=O)NC12CCC(O)(CC1)CC2. The fourth-order valence-corrected chi connectivity index (χ4v) is 3.73. The number of nitrogens with zero attached hydrogens (tertiary/aromatic N) is 1. The third kappa shape index (κ3) is 2.69. The zero-order chi connectivity index (χ0) is 15.1. The zero-order valence-electron chi connectivity index (χ0n) is 12.9. The zero-order valence-corrected chi connectivity index (χ0v) is 12.9. The highest BCUT2D eigenvalue weighted by Crippen LogP contribution is 2.46. The van der Waals surface area contributed by atoms with E-state index in [0.29, 0.717) is 5.69 Å². The Morgan fingerprint density at radius 2 is 1.86 bits per heavy atom. The molecule has 1 heterocycles. The van der Waals surface area contributed by atoms with E-state index in [2.05, 4.69) is 24.1 Å². The van der Waals surface area contributed by atoms with Crippen LogP contribution in [0.3, 0.4) is 0 Å². The molecule has 1 aromatic rings. The van der Waals surface area contributed by atoms with Crippen LogP contribution >= 0.6 is 0 Å². The minimum atomic E-state index is -0.472. The maximum atomic E-state index is 12.7. The number of aromatic nitrogens is 1. The Kier molecular flexibility index (Phi) is 3.52. The molecule has 1 amide bonds. The number of carbonyl (C=O) groups excluding carboxylic acids is 1. The third-order valence-electron chi connectivity index (χ3n) is 5.26. The first-order valence-corrected chi connectivity index (χ1v) is 7.93. The predicted molar refractivity (Wildman–Crippen MR) is 81.2 cm³/mol. The van der Waals surface area contributed by atoms with Crippen molar-refractivity contribution in [3.63, 3.8) is 0 Å². The molecule has 3 saturated carbocycles. The number of hydrogen-bond acceptors (Lipinski definition) is 3. The third-order valence-corrected chi connectivity index (χ3v) is 5.26. The minimum Gasteiger partial charge on any atom is -0.390 e. The molecule has 21 heavy (non-hydrogen) atoms.